The summed E-state index contributed by atoms with van der Waals surface area (Å²) in [5.41, 5.74) is 2.92. The molecule has 1 atom stereocenters. The molecule has 7 nitrogen and oxygen atoms in total. The summed E-state index contributed by atoms with van der Waals surface area (Å²) >= 11 is 1.23. The number of phenolic OH excluding ortho intramolecular Hbond substituents is 1. The molecule has 0 saturated heterocycles. The predicted molar refractivity (Wildman–Crippen MR) is 123 cm³/mol. The molecule has 2 aromatic carbocycles. The molecular weight excluding hydrogens is 414 g/mol. The number of ether oxygens (including phenoxy) is 1. The minimum absolute atomic E-state index is 0.126. The molecular formula is C23H27N3O4S. The Hall–Kier alpha value is -2.84. The van der Waals surface area contributed by atoms with E-state index in [1.54, 1.807) is 23.8 Å². The third-order valence-corrected chi connectivity index (χ3v) is 5.95. The Kier molecular flexibility index (Phi) is 7.35. The summed E-state index contributed by atoms with van der Waals surface area (Å²) in [6, 6.07) is 10.7. The maximum Gasteiger partial charge on any atom is 0.262 e. The van der Waals surface area contributed by atoms with Crippen LogP contribution in [0.15, 0.2) is 46.3 Å². The van der Waals surface area contributed by atoms with E-state index >= 15 is 0 Å². The average Bonchev–Trinajstić information content (AvgIpc) is 2.74. The van der Waals surface area contributed by atoms with Crippen molar-refractivity contribution in [2.75, 3.05) is 19.5 Å². The van der Waals surface area contributed by atoms with Gasteiger partial charge in [-0.3, -0.25) is 14.2 Å². The first-order chi connectivity index (χ1) is 14.8. The van der Waals surface area contributed by atoms with Crippen LogP contribution in [0.1, 0.15) is 29.7 Å². The number of amides is 1. The smallest absolute Gasteiger partial charge is 0.262 e. The van der Waals surface area contributed by atoms with Gasteiger partial charge in [0.25, 0.3) is 5.56 Å². The lowest BCUT2D eigenvalue weighted by atomic mass is 10.1. The zero-order chi connectivity index (χ0) is 22.5. The number of hydrogen-bond acceptors (Lipinski definition) is 6. The van der Waals surface area contributed by atoms with E-state index in [0.29, 0.717) is 29.2 Å². The van der Waals surface area contributed by atoms with Gasteiger partial charge in [0.2, 0.25) is 5.91 Å². The van der Waals surface area contributed by atoms with Gasteiger partial charge in [-0.1, -0.05) is 36.0 Å². The van der Waals surface area contributed by atoms with Crippen LogP contribution in [-0.2, 0) is 16.1 Å². The van der Waals surface area contributed by atoms with Crippen molar-refractivity contribution in [3.05, 3.63) is 63.4 Å². The number of nitrogens with zero attached hydrogens (tertiary/aromatic N) is 2. The van der Waals surface area contributed by atoms with Gasteiger partial charge in [0.05, 0.1) is 29.3 Å². The van der Waals surface area contributed by atoms with Gasteiger partial charge in [-0.25, -0.2) is 4.98 Å². The van der Waals surface area contributed by atoms with Crippen molar-refractivity contribution in [2.45, 2.75) is 38.5 Å². The highest BCUT2D eigenvalue weighted by molar-refractivity contribution is 7.99. The van der Waals surface area contributed by atoms with E-state index in [1.165, 1.54) is 11.8 Å². The van der Waals surface area contributed by atoms with Gasteiger partial charge in [-0.05, 0) is 49.6 Å². The molecule has 0 aliphatic rings. The first-order valence-corrected chi connectivity index (χ1v) is 11.0. The summed E-state index contributed by atoms with van der Waals surface area (Å²) in [7, 11) is 1.59. The fraction of sp³-hybridized carbons (Fsp3) is 0.348. The second-order valence-corrected chi connectivity index (χ2v) is 8.48. The number of nitrogens with one attached hydrogen (secondary N) is 1. The Morgan fingerprint density at radius 1 is 1.26 bits per heavy atom. The third-order valence-electron chi connectivity index (χ3n) is 5.00. The second kappa shape index (κ2) is 9.98. The van der Waals surface area contributed by atoms with Crippen molar-refractivity contribution in [1.29, 1.82) is 0 Å². The minimum atomic E-state index is -0.219. The number of aromatic hydroxyl groups is 1. The van der Waals surface area contributed by atoms with E-state index in [-0.39, 0.29) is 29.0 Å². The minimum Gasteiger partial charge on any atom is -0.507 e. The fourth-order valence-electron chi connectivity index (χ4n) is 3.46. The van der Waals surface area contributed by atoms with Crippen LogP contribution < -0.4 is 10.9 Å². The lowest BCUT2D eigenvalue weighted by Gasteiger charge is -2.18. The van der Waals surface area contributed by atoms with Gasteiger partial charge in [-0.15, -0.1) is 0 Å². The van der Waals surface area contributed by atoms with E-state index in [2.05, 4.69) is 10.3 Å². The number of fused-ring (bicyclic) bond motifs is 1. The topological polar surface area (TPSA) is 93.4 Å². The molecule has 1 heterocycles. The van der Waals surface area contributed by atoms with Crippen molar-refractivity contribution in [2.24, 2.45) is 0 Å². The summed E-state index contributed by atoms with van der Waals surface area (Å²) < 4.78 is 6.82. The van der Waals surface area contributed by atoms with Crippen LogP contribution in [-0.4, -0.2) is 40.0 Å². The Morgan fingerprint density at radius 3 is 2.61 bits per heavy atom. The molecule has 2 N–H and O–H groups in total. The number of carbonyl (C=O) groups excluding carboxylic acids is 1. The van der Waals surface area contributed by atoms with E-state index in [0.717, 1.165) is 16.7 Å². The molecule has 0 unspecified atom stereocenters. The molecule has 0 aliphatic heterocycles. The van der Waals surface area contributed by atoms with E-state index < -0.39 is 0 Å². The van der Waals surface area contributed by atoms with Crippen LogP contribution in [0.3, 0.4) is 0 Å². The summed E-state index contributed by atoms with van der Waals surface area (Å²) in [6.07, 6.45) is 0. The van der Waals surface area contributed by atoms with Crippen LogP contribution in [0.2, 0.25) is 0 Å². The second-order valence-electron chi connectivity index (χ2n) is 7.53. The highest BCUT2D eigenvalue weighted by atomic mass is 32.2. The average molecular weight is 442 g/mol. The standard InChI is InChI=1S/C23H27N3O4S/c1-14-9-17(10-15(2)21(14)28)11-24-20(27)13-31-23-25-19-8-6-5-7-18(19)22(29)26(23)16(3)12-30-4/h5-10,16,28H,11-13H2,1-4H3,(H,24,27)/t16-/m1/s1. The number of hydrogen-bond donors (Lipinski definition) is 2. The molecule has 1 amide bonds. The van der Waals surface area contributed by atoms with Crippen LogP contribution in [0.5, 0.6) is 5.75 Å². The maximum atomic E-state index is 13.0. The number of methoxy groups -OCH3 is 1. The molecule has 0 spiro atoms. The Morgan fingerprint density at radius 2 is 1.94 bits per heavy atom. The largest absolute Gasteiger partial charge is 0.507 e. The monoisotopic (exact) mass is 441 g/mol. The Labute approximate surface area is 185 Å². The first kappa shape index (κ1) is 22.8. The quantitative estimate of drug-likeness (QED) is 0.411. The molecule has 3 rings (SSSR count). The molecule has 0 radical (unpaired) electrons. The molecule has 164 valence electrons. The number of phenols is 1. The number of thioether (sulfide) groups is 1. The number of benzene rings is 2. The molecule has 0 bridgehead atoms. The zero-order valence-electron chi connectivity index (χ0n) is 18.1. The van der Waals surface area contributed by atoms with Gasteiger partial charge >= 0.3 is 0 Å². The Balaban J connectivity index is 1.76. The van der Waals surface area contributed by atoms with Crippen molar-refractivity contribution in [3.8, 4) is 5.75 Å². The number of aromatic nitrogens is 2. The van der Waals surface area contributed by atoms with Gasteiger partial charge in [-0.2, -0.15) is 0 Å². The highest BCUT2D eigenvalue weighted by Crippen LogP contribution is 2.23. The van der Waals surface area contributed by atoms with E-state index in [1.807, 2.05) is 45.0 Å². The van der Waals surface area contributed by atoms with Gasteiger partial charge < -0.3 is 15.2 Å². The third kappa shape index (κ3) is 5.26. The molecule has 0 saturated carbocycles. The SMILES string of the molecule is COC[C@@H](C)n1c(SCC(=O)NCc2cc(C)c(O)c(C)c2)nc2ccccc2c1=O. The van der Waals surface area contributed by atoms with Crippen molar-refractivity contribution in [1.82, 2.24) is 14.9 Å². The maximum absolute atomic E-state index is 13.0. The number of aryl methyl sites for hydroxylation is 2. The molecule has 8 heteroatoms. The predicted octanol–water partition coefficient (Wildman–Crippen LogP) is 3.33. The van der Waals surface area contributed by atoms with Crippen LogP contribution in [0.4, 0.5) is 0 Å². The van der Waals surface area contributed by atoms with Gasteiger partial charge in [0.15, 0.2) is 5.16 Å². The van der Waals surface area contributed by atoms with Gasteiger partial charge in [0.1, 0.15) is 5.75 Å². The summed E-state index contributed by atoms with van der Waals surface area (Å²) in [6.45, 7) is 6.27. The first-order valence-electron chi connectivity index (χ1n) is 10.0. The van der Waals surface area contributed by atoms with Crippen molar-refractivity contribution in [3.63, 3.8) is 0 Å². The van der Waals surface area contributed by atoms with Crippen molar-refractivity contribution >= 4 is 28.6 Å². The molecule has 31 heavy (non-hydrogen) atoms. The van der Waals surface area contributed by atoms with Crippen molar-refractivity contribution < 1.29 is 14.6 Å². The highest BCUT2D eigenvalue weighted by Gasteiger charge is 2.17. The molecule has 0 fully saturated rings. The lowest BCUT2D eigenvalue weighted by Crippen LogP contribution is -2.29. The number of para-hydroxylation sites is 1. The summed E-state index contributed by atoms with van der Waals surface area (Å²) in [5, 5.41) is 13.8. The van der Waals surface area contributed by atoms with E-state index in [9.17, 15) is 14.7 Å². The summed E-state index contributed by atoms with van der Waals surface area (Å²) in [5.74, 6) is 0.235. The Bertz CT molecular complexity index is 1140. The molecule has 1 aromatic heterocycles. The lowest BCUT2D eigenvalue weighted by molar-refractivity contribution is -0.118. The molecule has 3 aromatic rings. The zero-order valence-corrected chi connectivity index (χ0v) is 19.0. The summed E-state index contributed by atoms with van der Waals surface area (Å²) in [4.78, 5) is 30.1. The van der Waals surface area contributed by atoms with Crippen LogP contribution in [0, 0.1) is 13.8 Å². The van der Waals surface area contributed by atoms with Crippen LogP contribution >= 0.6 is 11.8 Å². The normalized spacial score (nSPS) is 12.1. The van der Waals surface area contributed by atoms with E-state index in [4.69, 9.17) is 4.74 Å². The van der Waals surface area contributed by atoms with Gasteiger partial charge in [0, 0.05) is 13.7 Å². The number of carbonyl (C=O) groups is 1. The number of rotatable bonds is 8. The fourth-order valence-corrected chi connectivity index (χ4v) is 4.39. The van der Waals surface area contributed by atoms with Crippen LogP contribution in [0.25, 0.3) is 10.9 Å². The molecule has 0 aliphatic carbocycles.